The van der Waals surface area contributed by atoms with Gasteiger partial charge in [0.05, 0.1) is 4.90 Å². The second kappa shape index (κ2) is 7.73. The van der Waals surface area contributed by atoms with E-state index in [1.165, 1.54) is 31.2 Å². The maximum atomic E-state index is 12.7. The van der Waals surface area contributed by atoms with Gasteiger partial charge in [-0.15, -0.1) is 0 Å². The number of nitrogens with one attached hydrogen (secondary N) is 2. The molecule has 2 aromatic rings. The van der Waals surface area contributed by atoms with Crippen LogP contribution in [0.15, 0.2) is 47.4 Å². The molecule has 1 aliphatic heterocycles. The minimum Gasteiger partial charge on any atom is -0.326 e. The van der Waals surface area contributed by atoms with Crippen LogP contribution in [-0.2, 0) is 19.6 Å². The Labute approximate surface area is 164 Å². The third-order valence-corrected chi connectivity index (χ3v) is 6.28. The van der Waals surface area contributed by atoms with E-state index in [4.69, 9.17) is 0 Å². The molecule has 7 nitrogen and oxygen atoms in total. The molecule has 0 unspecified atom stereocenters. The first-order chi connectivity index (χ1) is 13.2. The Bertz CT molecular complexity index is 1020. The predicted molar refractivity (Wildman–Crippen MR) is 108 cm³/mol. The van der Waals surface area contributed by atoms with Gasteiger partial charge in [0.1, 0.15) is 6.04 Å². The van der Waals surface area contributed by atoms with Gasteiger partial charge in [0, 0.05) is 24.8 Å². The molecule has 0 radical (unpaired) electrons. The van der Waals surface area contributed by atoms with Crippen molar-refractivity contribution >= 4 is 33.2 Å². The quantitative estimate of drug-likeness (QED) is 0.804. The third-order valence-electron chi connectivity index (χ3n) is 4.79. The van der Waals surface area contributed by atoms with Crippen molar-refractivity contribution in [2.24, 2.45) is 0 Å². The summed E-state index contributed by atoms with van der Waals surface area (Å²) in [5, 5.41) is 2.58. The Morgan fingerprint density at radius 2 is 1.75 bits per heavy atom. The summed E-state index contributed by atoms with van der Waals surface area (Å²) >= 11 is 0. The molecule has 1 fully saturated rings. The summed E-state index contributed by atoms with van der Waals surface area (Å²) in [5.41, 5.74) is 3.49. The van der Waals surface area contributed by atoms with Gasteiger partial charge in [0.25, 0.3) is 0 Å². The molecule has 1 atom stereocenters. The van der Waals surface area contributed by atoms with E-state index < -0.39 is 16.1 Å². The summed E-state index contributed by atoms with van der Waals surface area (Å²) in [6.45, 7) is 5.80. The van der Waals surface area contributed by atoms with Gasteiger partial charge < -0.3 is 10.2 Å². The fourth-order valence-corrected chi connectivity index (χ4v) is 4.34. The van der Waals surface area contributed by atoms with E-state index in [0.717, 1.165) is 16.8 Å². The summed E-state index contributed by atoms with van der Waals surface area (Å²) in [4.78, 5) is 25.5. The number of sulfonamides is 1. The zero-order valence-corrected chi connectivity index (χ0v) is 16.8. The number of nitrogens with zero attached hydrogens (tertiary/aromatic N) is 1. The Morgan fingerprint density at radius 1 is 1.07 bits per heavy atom. The number of carbonyl (C=O) groups excluding carboxylic acids is 2. The smallest absolute Gasteiger partial charge is 0.245 e. The normalized spacial score (nSPS) is 17.0. The van der Waals surface area contributed by atoms with Crippen molar-refractivity contribution in [2.45, 2.75) is 38.1 Å². The molecule has 2 N–H and O–H groups in total. The predicted octanol–water partition coefficient (Wildman–Crippen LogP) is 2.35. The van der Waals surface area contributed by atoms with Crippen molar-refractivity contribution in [2.75, 3.05) is 16.8 Å². The number of hydrogen-bond donors (Lipinski definition) is 2. The Kier molecular flexibility index (Phi) is 5.53. The highest BCUT2D eigenvalue weighted by Crippen LogP contribution is 2.25. The van der Waals surface area contributed by atoms with E-state index in [0.29, 0.717) is 18.7 Å². The minimum atomic E-state index is -3.85. The molecule has 8 heteroatoms. The lowest BCUT2D eigenvalue weighted by Gasteiger charge is -2.18. The zero-order chi connectivity index (χ0) is 20.5. The number of hydrogen-bond acceptors (Lipinski definition) is 4. The fourth-order valence-electron chi connectivity index (χ4n) is 3.12. The van der Waals surface area contributed by atoms with Gasteiger partial charge in [-0.3, -0.25) is 9.59 Å². The standard InChI is InChI=1S/C20H23N3O4S/c1-13-4-7-17(12-14(13)2)23-11-10-19(20(23)25)22-28(26,27)18-8-5-16(6-9-18)21-15(3)24/h4-9,12,19,22H,10-11H2,1-3H3,(H,21,24)/t19-/m1/s1. The van der Waals surface area contributed by atoms with Gasteiger partial charge >= 0.3 is 0 Å². The first-order valence-electron chi connectivity index (χ1n) is 8.96. The van der Waals surface area contributed by atoms with Crippen LogP contribution >= 0.6 is 0 Å². The Balaban J connectivity index is 1.73. The van der Waals surface area contributed by atoms with Gasteiger partial charge in [-0.25, -0.2) is 8.42 Å². The summed E-state index contributed by atoms with van der Waals surface area (Å²) < 4.78 is 27.8. The summed E-state index contributed by atoms with van der Waals surface area (Å²) in [5.74, 6) is -0.501. The monoisotopic (exact) mass is 401 g/mol. The van der Waals surface area contributed by atoms with E-state index in [9.17, 15) is 18.0 Å². The number of aryl methyl sites for hydroxylation is 2. The van der Waals surface area contributed by atoms with Crippen LogP contribution in [0, 0.1) is 13.8 Å². The molecule has 1 saturated heterocycles. The maximum Gasteiger partial charge on any atom is 0.245 e. The lowest BCUT2D eigenvalue weighted by molar-refractivity contribution is -0.118. The van der Waals surface area contributed by atoms with Crippen LogP contribution in [0.2, 0.25) is 0 Å². The average Bonchev–Trinajstić information content (AvgIpc) is 2.97. The number of amides is 2. The molecular formula is C20H23N3O4S. The van der Waals surface area contributed by atoms with Crippen LogP contribution in [0.5, 0.6) is 0 Å². The highest BCUT2D eigenvalue weighted by molar-refractivity contribution is 7.89. The minimum absolute atomic E-state index is 0.0408. The van der Waals surface area contributed by atoms with Gasteiger partial charge in [0.15, 0.2) is 0 Å². The average molecular weight is 401 g/mol. The maximum absolute atomic E-state index is 12.7. The zero-order valence-electron chi connectivity index (χ0n) is 16.0. The van der Waals surface area contributed by atoms with Crippen molar-refractivity contribution < 1.29 is 18.0 Å². The lowest BCUT2D eigenvalue weighted by Crippen LogP contribution is -2.41. The first-order valence-corrected chi connectivity index (χ1v) is 10.4. The van der Waals surface area contributed by atoms with Gasteiger partial charge in [-0.2, -0.15) is 4.72 Å². The molecular weight excluding hydrogens is 378 g/mol. The molecule has 3 rings (SSSR count). The Hall–Kier alpha value is -2.71. The summed E-state index contributed by atoms with van der Waals surface area (Å²) in [6.07, 6.45) is 0.398. The van der Waals surface area contributed by atoms with E-state index in [2.05, 4.69) is 10.0 Å². The SMILES string of the molecule is CC(=O)Nc1ccc(S(=O)(=O)N[C@@H]2CCN(c3ccc(C)c(C)c3)C2=O)cc1. The van der Waals surface area contributed by atoms with Crippen molar-refractivity contribution in [1.29, 1.82) is 0 Å². The highest BCUT2D eigenvalue weighted by atomic mass is 32.2. The third kappa shape index (κ3) is 4.23. The second-order valence-electron chi connectivity index (χ2n) is 6.93. The van der Waals surface area contributed by atoms with Gasteiger partial charge in [-0.05, 0) is 67.8 Å². The number of rotatable bonds is 5. The molecule has 28 heavy (non-hydrogen) atoms. The lowest BCUT2D eigenvalue weighted by atomic mass is 10.1. The van der Waals surface area contributed by atoms with E-state index in [1.54, 1.807) is 4.90 Å². The summed E-state index contributed by atoms with van der Waals surface area (Å²) in [7, 11) is -3.85. The van der Waals surface area contributed by atoms with E-state index >= 15 is 0 Å². The number of carbonyl (C=O) groups is 2. The first kappa shape index (κ1) is 20.0. The van der Waals surface area contributed by atoms with Gasteiger partial charge in [0.2, 0.25) is 21.8 Å². The van der Waals surface area contributed by atoms with Crippen LogP contribution in [0.3, 0.4) is 0 Å². The molecule has 148 valence electrons. The van der Waals surface area contributed by atoms with Crippen LogP contribution in [-0.4, -0.2) is 32.8 Å². The highest BCUT2D eigenvalue weighted by Gasteiger charge is 2.35. The van der Waals surface area contributed by atoms with Crippen LogP contribution < -0.4 is 14.9 Å². The molecule has 1 aliphatic rings. The van der Waals surface area contributed by atoms with E-state index in [1.807, 2.05) is 32.0 Å². The van der Waals surface area contributed by atoms with Crippen LogP contribution in [0.1, 0.15) is 24.5 Å². The number of benzene rings is 2. The molecule has 0 aliphatic carbocycles. The second-order valence-corrected chi connectivity index (χ2v) is 8.64. The molecule has 0 spiro atoms. The molecule has 2 aromatic carbocycles. The van der Waals surface area contributed by atoms with E-state index in [-0.39, 0.29) is 16.7 Å². The van der Waals surface area contributed by atoms with Crippen molar-refractivity contribution in [3.8, 4) is 0 Å². The molecule has 0 bridgehead atoms. The topological polar surface area (TPSA) is 95.6 Å². The van der Waals surface area contributed by atoms with Crippen molar-refractivity contribution in [1.82, 2.24) is 4.72 Å². The van der Waals surface area contributed by atoms with Crippen LogP contribution in [0.25, 0.3) is 0 Å². The van der Waals surface area contributed by atoms with Crippen molar-refractivity contribution in [3.63, 3.8) is 0 Å². The largest absolute Gasteiger partial charge is 0.326 e. The van der Waals surface area contributed by atoms with Crippen LogP contribution in [0.4, 0.5) is 11.4 Å². The van der Waals surface area contributed by atoms with Crippen molar-refractivity contribution in [3.05, 3.63) is 53.6 Å². The molecule has 1 heterocycles. The molecule has 0 saturated carbocycles. The number of anilines is 2. The summed E-state index contributed by atoms with van der Waals surface area (Å²) in [6, 6.07) is 10.8. The van der Waals surface area contributed by atoms with Gasteiger partial charge in [-0.1, -0.05) is 6.07 Å². The molecule has 2 amide bonds. The molecule has 0 aromatic heterocycles. The fraction of sp³-hybridized carbons (Fsp3) is 0.300. The Morgan fingerprint density at radius 3 is 2.36 bits per heavy atom.